The zero-order valence-electron chi connectivity index (χ0n) is 8.29. The Balaban J connectivity index is 2.42. The topological polar surface area (TPSA) is 42.2 Å². The fourth-order valence-corrected chi connectivity index (χ4v) is 1.71. The van der Waals surface area contributed by atoms with Gasteiger partial charge in [-0.05, 0) is 25.0 Å². The molecule has 0 unspecified atom stereocenters. The van der Waals surface area contributed by atoms with Gasteiger partial charge >= 0.3 is 0 Å². The Bertz CT molecular complexity index is 421. The van der Waals surface area contributed by atoms with E-state index in [9.17, 15) is 0 Å². The molecule has 1 aromatic carbocycles. The van der Waals surface area contributed by atoms with E-state index in [-0.39, 0.29) is 6.10 Å². The quantitative estimate of drug-likeness (QED) is 0.846. The summed E-state index contributed by atoms with van der Waals surface area (Å²) in [6, 6.07) is 5.65. The number of ether oxygens (including phenoxy) is 2. The van der Waals surface area contributed by atoms with Gasteiger partial charge in [0.1, 0.15) is 6.07 Å². The lowest BCUT2D eigenvalue weighted by Crippen LogP contribution is -2.01. The molecule has 4 heteroatoms. The lowest BCUT2D eigenvalue weighted by molar-refractivity contribution is 0.281. The second-order valence-corrected chi connectivity index (χ2v) is 4.33. The number of nitrogens with zero attached hydrogens (tertiary/aromatic N) is 1. The minimum Gasteiger partial charge on any atom is -0.493 e. The summed E-state index contributed by atoms with van der Waals surface area (Å²) < 4.78 is 11.7. The maximum atomic E-state index is 8.99. The van der Waals surface area contributed by atoms with Crippen LogP contribution in [0, 0.1) is 11.3 Å². The molecule has 3 nitrogen and oxygen atoms in total. The van der Waals surface area contributed by atoms with Crippen LogP contribution in [0.25, 0.3) is 0 Å². The van der Waals surface area contributed by atoms with E-state index in [4.69, 9.17) is 14.7 Å². The van der Waals surface area contributed by atoms with Gasteiger partial charge in [-0.2, -0.15) is 5.26 Å². The first-order chi connectivity index (χ1) is 7.24. The number of hydrogen-bond donors (Lipinski definition) is 0. The van der Waals surface area contributed by atoms with Crippen molar-refractivity contribution >= 4 is 15.9 Å². The number of nitriles is 1. The second kappa shape index (κ2) is 4.11. The van der Waals surface area contributed by atoms with Crippen molar-refractivity contribution < 1.29 is 9.47 Å². The maximum absolute atomic E-state index is 8.99. The van der Waals surface area contributed by atoms with Gasteiger partial charge in [0, 0.05) is 4.47 Å². The van der Waals surface area contributed by atoms with E-state index in [1.807, 2.05) is 0 Å². The van der Waals surface area contributed by atoms with Crippen LogP contribution in [-0.4, -0.2) is 13.2 Å². The summed E-state index contributed by atoms with van der Waals surface area (Å²) in [5, 5.41) is 8.99. The molecule has 0 aromatic heterocycles. The van der Waals surface area contributed by atoms with Crippen molar-refractivity contribution in [1.29, 1.82) is 5.26 Å². The van der Waals surface area contributed by atoms with Crippen molar-refractivity contribution in [2.45, 2.75) is 18.9 Å². The van der Waals surface area contributed by atoms with Gasteiger partial charge in [0.2, 0.25) is 0 Å². The Labute approximate surface area is 96.7 Å². The fraction of sp³-hybridized carbons (Fsp3) is 0.364. The van der Waals surface area contributed by atoms with Gasteiger partial charge in [-0.15, -0.1) is 0 Å². The Morgan fingerprint density at radius 2 is 2.20 bits per heavy atom. The first-order valence-corrected chi connectivity index (χ1v) is 5.48. The predicted molar refractivity (Wildman–Crippen MR) is 59.1 cm³/mol. The van der Waals surface area contributed by atoms with Crippen LogP contribution < -0.4 is 9.47 Å². The van der Waals surface area contributed by atoms with Gasteiger partial charge < -0.3 is 9.47 Å². The van der Waals surface area contributed by atoms with Crippen LogP contribution in [0.1, 0.15) is 18.4 Å². The summed E-state index contributed by atoms with van der Waals surface area (Å²) in [4.78, 5) is 0. The lowest BCUT2D eigenvalue weighted by Gasteiger charge is -2.11. The average Bonchev–Trinajstić information content (AvgIpc) is 3.03. The molecule has 0 heterocycles. The zero-order valence-corrected chi connectivity index (χ0v) is 9.87. The molecule has 0 N–H and O–H groups in total. The summed E-state index contributed by atoms with van der Waals surface area (Å²) in [6.45, 7) is 0. The third-order valence-electron chi connectivity index (χ3n) is 2.17. The van der Waals surface area contributed by atoms with Crippen LogP contribution in [-0.2, 0) is 0 Å². The minimum atomic E-state index is 0.257. The third-order valence-corrected chi connectivity index (χ3v) is 2.63. The highest BCUT2D eigenvalue weighted by molar-refractivity contribution is 9.10. The molecule has 2 rings (SSSR count). The summed E-state index contributed by atoms with van der Waals surface area (Å²) in [5.41, 5.74) is 0.508. The molecule has 0 saturated heterocycles. The number of hydrogen-bond acceptors (Lipinski definition) is 3. The molecule has 1 saturated carbocycles. The molecule has 0 amide bonds. The molecule has 1 aliphatic rings. The minimum absolute atomic E-state index is 0.257. The van der Waals surface area contributed by atoms with Crippen LogP contribution in [0.5, 0.6) is 11.5 Å². The molecule has 1 fully saturated rings. The highest BCUT2D eigenvalue weighted by atomic mass is 79.9. The van der Waals surface area contributed by atoms with Crippen molar-refractivity contribution in [3.63, 3.8) is 0 Å². The molecule has 15 heavy (non-hydrogen) atoms. The average molecular weight is 268 g/mol. The SMILES string of the molecule is COc1cc(Br)cc(C#N)c1OC1CC1. The molecule has 78 valence electrons. The van der Waals surface area contributed by atoms with Crippen LogP contribution in [0.3, 0.4) is 0 Å². The molecule has 0 radical (unpaired) electrons. The zero-order chi connectivity index (χ0) is 10.8. The van der Waals surface area contributed by atoms with E-state index in [1.54, 1.807) is 19.2 Å². The lowest BCUT2D eigenvalue weighted by atomic mass is 10.2. The molecular formula is C11H10BrNO2. The van der Waals surface area contributed by atoms with Crippen LogP contribution >= 0.6 is 15.9 Å². The molecule has 1 aliphatic carbocycles. The van der Waals surface area contributed by atoms with Gasteiger partial charge in [-0.25, -0.2) is 0 Å². The van der Waals surface area contributed by atoms with Gasteiger partial charge in [-0.3, -0.25) is 0 Å². The Morgan fingerprint density at radius 3 is 2.73 bits per heavy atom. The van der Waals surface area contributed by atoms with Crippen molar-refractivity contribution in [1.82, 2.24) is 0 Å². The van der Waals surface area contributed by atoms with Gasteiger partial charge in [-0.1, -0.05) is 15.9 Å². The number of rotatable bonds is 3. The van der Waals surface area contributed by atoms with Crippen molar-refractivity contribution in [3.05, 3.63) is 22.2 Å². The monoisotopic (exact) mass is 267 g/mol. The second-order valence-electron chi connectivity index (χ2n) is 3.41. The van der Waals surface area contributed by atoms with Crippen molar-refractivity contribution in [2.24, 2.45) is 0 Å². The number of methoxy groups -OCH3 is 1. The van der Waals surface area contributed by atoms with E-state index in [0.717, 1.165) is 17.3 Å². The predicted octanol–water partition coefficient (Wildman–Crippen LogP) is 2.87. The highest BCUT2D eigenvalue weighted by Gasteiger charge is 2.26. The van der Waals surface area contributed by atoms with Gasteiger partial charge in [0.25, 0.3) is 0 Å². The van der Waals surface area contributed by atoms with Crippen LogP contribution in [0.15, 0.2) is 16.6 Å². The molecule has 0 atom stereocenters. The van der Waals surface area contributed by atoms with E-state index in [0.29, 0.717) is 17.1 Å². The first kappa shape index (κ1) is 10.3. The van der Waals surface area contributed by atoms with E-state index >= 15 is 0 Å². The molecular weight excluding hydrogens is 258 g/mol. The van der Waals surface area contributed by atoms with Crippen LogP contribution in [0.2, 0.25) is 0 Å². The molecule has 0 bridgehead atoms. The molecule has 0 spiro atoms. The smallest absolute Gasteiger partial charge is 0.179 e. The molecule has 1 aromatic rings. The fourth-order valence-electron chi connectivity index (χ4n) is 1.28. The standard InChI is InChI=1S/C11H10BrNO2/c1-14-10-5-8(12)4-7(6-13)11(10)15-9-2-3-9/h4-5,9H,2-3H2,1H3. The van der Waals surface area contributed by atoms with Crippen molar-refractivity contribution in [2.75, 3.05) is 7.11 Å². The number of halogens is 1. The Morgan fingerprint density at radius 1 is 1.47 bits per heavy atom. The van der Waals surface area contributed by atoms with E-state index < -0.39 is 0 Å². The van der Waals surface area contributed by atoms with Crippen molar-refractivity contribution in [3.8, 4) is 17.6 Å². The largest absolute Gasteiger partial charge is 0.493 e. The van der Waals surface area contributed by atoms with E-state index in [1.165, 1.54) is 0 Å². The summed E-state index contributed by atoms with van der Waals surface area (Å²) in [7, 11) is 1.57. The van der Waals surface area contributed by atoms with E-state index in [2.05, 4.69) is 22.0 Å². The van der Waals surface area contributed by atoms with Crippen LogP contribution in [0.4, 0.5) is 0 Å². The summed E-state index contributed by atoms with van der Waals surface area (Å²) >= 11 is 3.32. The first-order valence-electron chi connectivity index (χ1n) is 4.69. The molecule has 0 aliphatic heterocycles. The Kier molecular flexibility index (Phi) is 2.83. The summed E-state index contributed by atoms with van der Waals surface area (Å²) in [5.74, 6) is 1.17. The summed E-state index contributed by atoms with van der Waals surface area (Å²) in [6.07, 6.45) is 2.38. The number of benzene rings is 1. The maximum Gasteiger partial charge on any atom is 0.179 e. The normalized spacial score (nSPS) is 14.5. The Hall–Kier alpha value is -1.21. The van der Waals surface area contributed by atoms with Gasteiger partial charge in [0.05, 0.1) is 18.8 Å². The third kappa shape index (κ3) is 2.24. The highest BCUT2D eigenvalue weighted by Crippen LogP contribution is 2.38. The van der Waals surface area contributed by atoms with Gasteiger partial charge in [0.15, 0.2) is 11.5 Å².